The zero-order valence-corrected chi connectivity index (χ0v) is 11.4. The summed E-state index contributed by atoms with van der Waals surface area (Å²) in [5, 5.41) is 9.18. The Morgan fingerprint density at radius 3 is 2.58 bits per heavy atom. The van der Waals surface area contributed by atoms with Gasteiger partial charge in [0.25, 0.3) is 0 Å². The van der Waals surface area contributed by atoms with Crippen molar-refractivity contribution in [3.8, 4) is 0 Å². The molecule has 1 N–H and O–H groups in total. The van der Waals surface area contributed by atoms with E-state index >= 15 is 0 Å². The van der Waals surface area contributed by atoms with Gasteiger partial charge in [0.1, 0.15) is 5.82 Å². The highest BCUT2D eigenvalue weighted by atomic mass is 19.1. The fraction of sp³-hybridized carbons (Fsp3) is 0.533. The zero-order valence-electron chi connectivity index (χ0n) is 11.4. The van der Waals surface area contributed by atoms with Crippen molar-refractivity contribution in [2.45, 2.75) is 33.2 Å². The Kier molecular flexibility index (Phi) is 3.90. The lowest BCUT2D eigenvalue weighted by atomic mass is 9.80. The van der Waals surface area contributed by atoms with Crippen LogP contribution in [0.15, 0.2) is 18.2 Å². The third kappa shape index (κ3) is 3.13. The molecule has 0 radical (unpaired) electrons. The van der Waals surface area contributed by atoms with Gasteiger partial charge in [-0.1, -0.05) is 12.1 Å². The van der Waals surface area contributed by atoms with Crippen LogP contribution in [0, 0.1) is 18.2 Å². The quantitative estimate of drug-likeness (QED) is 0.913. The van der Waals surface area contributed by atoms with E-state index in [1.807, 2.05) is 13.0 Å². The van der Waals surface area contributed by atoms with Crippen LogP contribution in [-0.4, -0.2) is 29.1 Å². The maximum Gasteiger partial charge on any atom is 0.309 e. The Bertz CT molecular complexity index is 479. The third-order valence-electron chi connectivity index (χ3n) is 4.10. The second-order valence-corrected chi connectivity index (χ2v) is 5.73. The van der Waals surface area contributed by atoms with E-state index in [1.165, 1.54) is 6.07 Å². The second-order valence-electron chi connectivity index (χ2n) is 5.73. The molecule has 1 fully saturated rings. The van der Waals surface area contributed by atoms with Crippen LogP contribution in [0.3, 0.4) is 0 Å². The first-order valence-corrected chi connectivity index (χ1v) is 6.61. The van der Waals surface area contributed by atoms with E-state index in [0.717, 1.165) is 25.2 Å². The lowest BCUT2D eigenvalue weighted by Crippen LogP contribution is -2.42. The molecule has 1 saturated heterocycles. The maximum atomic E-state index is 13.2. The molecular weight excluding hydrogens is 245 g/mol. The number of hydrogen-bond acceptors (Lipinski definition) is 2. The Morgan fingerprint density at radius 2 is 2.05 bits per heavy atom. The van der Waals surface area contributed by atoms with Crippen molar-refractivity contribution in [2.24, 2.45) is 5.41 Å². The number of carbonyl (C=O) groups is 1. The summed E-state index contributed by atoms with van der Waals surface area (Å²) in [5.41, 5.74) is 1.15. The SMILES string of the molecule is Cc1cc(CN2CCC(C)(C(=O)O)CC2)ccc1F. The van der Waals surface area contributed by atoms with Gasteiger partial charge in [0, 0.05) is 6.54 Å². The average molecular weight is 265 g/mol. The van der Waals surface area contributed by atoms with Gasteiger partial charge >= 0.3 is 5.97 Å². The fourth-order valence-electron chi connectivity index (χ4n) is 2.48. The van der Waals surface area contributed by atoms with Gasteiger partial charge < -0.3 is 5.11 Å². The van der Waals surface area contributed by atoms with E-state index in [-0.39, 0.29) is 5.82 Å². The summed E-state index contributed by atoms with van der Waals surface area (Å²) in [4.78, 5) is 13.4. The molecule has 2 rings (SSSR count). The molecular formula is C15H20FNO2. The molecule has 1 aliphatic rings. The number of carboxylic acid groups (broad SMARTS) is 1. The number of nitrogens with zero attached hydrogens (tertiary/aromatic N) is 1. The molecule has 1 aromatic rings. The lowest BCUT2D eigenvalue weighted by molar-refractivity contribution is -0.150. The molecule has 1 heterocycles. The molecule has 0 saturated carbocycles. The van der Waals surface area contributed by atoms with Crippen LogP contribution < -0.4 is 0 Å². The molecule has 0 atom stereocenters. The van der Waals surface area contributed by atoms with Gasteiger partial charge in [-0.05, 0) is 57.0 Å². The topological polar surface area (TPSA) is 40.5 Å². The Labute approximate surface area is 113 Å². The number of piperidine rings is 1. The Morgan fingerprint density at radius 1 is 1.42 bits per heavy atom. The summed E-state index contributed by atoms with van der Waals surface area (Å²) >= 11 is 0. The van der Waals surface area contributed by atoms with E-state index in [4.69, 9.17) is 0 Å². The number of aliphatic carboxylic acids is 1. The molecule has 0 aliphatic carbocycles. The summed E-state index contributed by atoms with van der Waals surface area (Å²) in [7, 11) is 0. The third-order valence-corrected chi connectivity index (χ3v) is 4.10. The van der Waals surface area contributed by atoms with Crippen LogP contribution in [-0.2, 0) is 11.3 Å². The summed E-state index contributed by atoms with van der Waals surface area (Å²) in [6, 6.07) is 5.16. The average Bonchev–Trinajstić information content (AvgIpc) is 2.37. The predicted molar refractivity (Wildman–Crippen MR) is 71.4 cm³/mol. The van der Waals surface area contributed by atoms with Gasteiger partial charge in [-0.25, -0.2) is 4.39 Å². The minimum atomic E-state index is -0.704. The first-order chi connectivity index (χ1) is 8.90. The van der Waals surface area contributed by atoms with E-state index in [1.54, 1.807) is 13.0 Å². The highest BCUT2D eigenvalue weighted by Gasteiger charge is 2.36. The number of carboxylic acids is 1. The van der Waals surface area contributed by atoms with E-state index < -0.39 is 11.4 Å². The lowest BCUT2D eigenvalue weighted by Gasteiger charge is -2.36. The number of aryl methyl sites for hydroxylation is 1. The van der Waals surface area contributed by atoms with Crippen LogP contribution >= 0.6 is 0 Å². The molecule has 0 spiro atoms. The molecule has 0 unspecified atom stereocenters. The first-order valence-electron chi connectivity index (χ1n) is 6.61. The van der Waals surface area contributed by atoms with E-state index in [0.29, 0.717) is 18.4 Å². The Balaban J connectivity index is 1.95. The monoisotopic (exact) mass is 265 g/mol. The van der Waals surface area contributed by atoms with Crippen molar-refractivity contribution >= 4 is 5.97 Å². The van der Waals surface area contributed by atoms with E-state index in [9.17, 15) is 14.3 Å². The summed E-state index contributed by atoms with van der Waals surface area (Å²) in [6.07, 6.45) is 1.34. The van der Waals surface area contributed by atoms with Gasteiger partial charge in [0.2, 0.25) is 0 Å². The van der Waals surface area contributed by atoms with Gasteiger partial charge in [0.15, 0.2) is 0 Å². The molecule has 0 amide bonds. The van der Waals surface area contributed by atoms with Crippen LogP contribution in [0.2, 0.25) is 0 Å². The van der Waals surface area contributed by atoms with Crippen LogP contribution in [0.4, 0.5) is 4.39 Å². The van der Waals surface area contributed by atoms with Crippen molar-refractivity contribution in [3.05, 3.63) is 35.1 Å². The maximum absolute atomic E-state index is 13.2. The van der Waals surface area contributed by atoms with Crippen molar-refractivity contribution in [1.29, 1.82) is 0 Å². The summed E-state index contributed by atoms with van der Waals surface area (Å²) in [6.45, 7) is 5.89. The number of rotatable bonds is 3. The van der Waals surface area contributed by atoms with Gasteiger partial charge in [-0.15, -0.1) is 0 Å². The van der Waals surface area contributed by atoms with Crippen molar-refractivity contribution in [3.63, 3.8) is 0 Å². The van der Waals surface area contributed by atoms with Gasteiger partial charge in [-0.2, -0.15) is 0 Å². The molecule has 3 nitrogen and oxygen atoms in total. The standard InChI is InChI=1S/C15H20FNO2/c1-11-9-12(3-4-13(11)16)10-17-7-5-15(2,6-8-17)14(18)19/h3-4,9H,5-8,10H2,1-2H3,(H,18,19). The molecule has 1 aromatic carbocycles. The molecule has 1 aliphatic heterocycles. The molecule has 19 heavy (non-hydrogen) atoms. The molecule has 0 aromatic heterocycles. The van der Waals surface area contributed by atoms with Gasteiger partial charge in [0.05, 0.1) is 5.41 Å². The largest absolute Gasteiger partial charge is 0.481 e. The molecule has 4 heteroatoms. The van der Waals surface area contributed by atoms with Crippen LogP contribution in [0.25, 0.3) is 0 Å². The number of hydrogen-bond donors (Lipinski definition) is 1. The van der Waals surface area contributed by atoms with Crippen molar-refractivity contribution in [1.82, 2.24) is 4.90 Å². The number of halogens is 1. The molecule has 0 bridgehead atoms. The summed E-state index contributed by atoms with van der Waals surface area (Å²) in [5.74, 6) is -0.884. The normalized spacial score (nSPS) is 19.3. The predicted octanol–water partition coefficient (Wildman–Crippen LogP) is 2.82. The van der Waals surface area contributed by atoms with Crippen LogP contribution in [0.1, 0.15) is 30.9 Å². The summed E-state index contributed by atoms with van der Waals surface area (Å²) < 4.78 is 13.2. The van der Waals surface area contributed by atoms with Crippen molar-refractivity contribution < 1.29 is 14.3 Å². The first kappa shape index (κ1) is 14.0. The smallest absolute Gasteiger partial charge is 0.309 e. The Hall–Kier alpha value is -1.42. The number of likely N-dealkylation sites (tertiary alicyclic amines) is 1. The van der Waals surface area contributed by atoms with E-state index in [2.05, 4.69) is 4.90 Å². The highest BCUT2D eigenvalue weighted by molar-refractivity contribution is 5.74. The molecule has 104 valence electrons. The van der Waals surface area contributed by atoms with Gasteiger partial charge in [-0.3, -0.25) is 9.69 Å². The van der Waals surface area contributed by atoms with Crippen LogP contribution in [0.5, 0.6) is 0 Å². The minimum absolute atomic E-state index is 0.180. The fourth-order valence-corrected chi connectivity index (χ4v) is 2.48. The number of benzene rings is 1. The minimum Gasteiger partial charge on any atom is -0.481 e. The highest BCUT2D eigenvalue weighted by Crippen LogP contribution is 2.31. The zero-order chi connectivity index (χ0) is 14.0. The second kappa shape index (κ2) is 5.29. The van der Waals surface area contributed by atoms with Crippen molar-refractivity contribution in [2.75, 3.05) is 13.1 Å².